The second kappa shape index (κ2) is 13.3. The highest BCUT2D eigenvalue weighted by Gasteiger charge is 2.57. The number of carbonyl (C=O) groups is 4. The van der Waals surface area contributed by atoms with Gasteiger partial charge in [0.1, 0.15) is 17.2 Å². The molecule has 0 aromatic heterocycles. The van der Waals surface area contributed by atoms with Gasteiger partial charge in [0.25, 0.3) is 0 Å². The van der Waals surface area contributed by atoms with E-state index < -0.39 is 78.0 Å². The van der Waals surface area contributed by atoms with Gasteiger partial charge in [-0.05, 0) is 66.4 Å². The van der Waals surface area contributed by atoms with Crippen molar-refractivity contribution in [1.29, 1.82) is 0 Å². The van der Waals surface area contributed by atoms with Gasteiger partial charge in [0.2, 0.25) is 0 Å². The van der Waals surface area contributed by atoms with Gasteiger partial charge in [-0.25, -0.2) is 0 Å². The van der Waals surface area contributed by atoms with E-state index in [1.54, 1.807) is 6.07 Å². The van der Waals surface area contributed by atoms with Crippen LogP contribution in [0.25, 0.3) is 0 Å². The summed E-state index contributed by atoms with van der Waals surface area (Å²) in [5, 5.41) is 67.2. The van der Waals surface area contributed by atoms with E-state index in [-0.39, 0.29) is 56.2 Å². The molecule has 3 aromatic rings. The summed E-state index contributed by atoms with van der Waals surface area (Å²) in [5.41, 5.74) is 0.220. The molecule has 1 heterocycles. The van der Waals surface area contributed by atoms with Crippen LogP contribution in [0.2, 0.25) is 0 Å². The Morgan fingerprint density at radius 1 is 0.702 bits per heavy atom. The molecule has 250 valence electrons. The van der Waals surface area contributed by atoms with Crippen molar-refractivity contribution in [2.24, 2.45) is 0 Å². The van der Waals surface area contributed by atoms with Gasteiger partial charge in [0.15, 0.2) is 4.75 Å². The quantitative estimate of drug-likeness (QED) is 0.157. The fourth-order valence-corrected chi connectivity index (χ4v) is 7.57. The van der Waals surface area contributed by atoms with Gasteiger partial charge >= 0.3 is 10.1 Å². The summed E-state index contributed by atoms with van der Waals surface area (Å²) in [6.45, 7) is -1.52. The second-order valence-corrected chi connectivity index (χ2v) is 12.8. The van der Waals surface area contributed by atoms with Gasteiger partial charge in [-0.15, -0.1) is 0 Å². The van der Waals surface area contributed by atoms with E-state index in [2.05, 4.69) is 0 Å². The molecule has 1 aliphatic heterocycles. The zero-order chi connectivity index (χ0) is 34.8. The summed E-state index contributed by atoms with van der Waals surface area (Å²) in [4.78, 5) is 47.1. The van der Waals surface area contributed by atoms with Crippen LogP contribution in [-0.4, -0.2) is 78.5 Å². The number of hydrogen-bond donors (Lipinski definition) is 2. The SMILES string of the molecule is Cc1cc(C2(c3cc(C)c(O)c(CN(CC(=O)[O-])CC(=O)[O-])c3)c3ccccc3OS2(=O)=O)cc(CN(CC(=O)[O-])CC(=O)[O-])c1O. The minimum absolute atomic E-state index is 0.0213. The molecule has 0 saturated carbocycles. The molecule has 0 spiro atoms. The van der Waals surface area contributed by atoms with Crippen LogP contribution in [-0.2, 0) is 47.1 Å². The van der Waals surface area contributed by atoms with Crippen LogP contribution in [0.3, 0.4) is 0 Å². The third kappa shape index (κ3) is 6.98. The number of phenolic OH excluding ortho intramolecular Hbond substituents is 2. The molecule has 1 aliphatic rings. The molecular formula is C31H28N2O13S-4. The van der Waals surface area contributed by atoms with E-state index in [0.29, 0.717) is 0 Å². The standard InChI is InChI=1S/C31H32N2O13S/c1-17-7-21(9-19(29(17)42)11-32(13-25(34)35)14-26(36)37)31(23-5-3-4-6-24(23)46-47(31,44)45)22-8-18(2)30(43)20(10-22)12-33(15-27(38)39)16-28(40)41/h3-10,42-43H,11-16H2,1-2H3,(H,34,35)(H,36,37)(H,38,39)(H,40,41)/p-4. The van der Waals surface area contributed by atoms with Crippen LogP contribution >= 0.6 is 0 Å². The molecule has 0 aliphatic carbocycles. The molecule has 4 rings (SSSR count). The largest absolute Gasteiger partial charge is 0.549 e. The Morgan fingerprint density at radius 3 is 1.47 bits per heavy atom. The van der Waals surface area contributed by atoms with E-state index in [1.165, 1.54) is 56.3 Å². The lowest BCUT2D eigenvalue weighted by atomic mass is 9.80. The number of para-hydroxylation sites is 1. The van der Waals surface area contributed by atoms with Gasteiger partial charge in [-0.3, -0.25) is 9.80 Å². The van der Waals surface area contributed by atoms with Gasteiger partial charge in [0, 0.05) is 56.0 Å². The smallest absolute Gasteiger partial charge is 0.328 e. The third-order valence-electron chi connectivity index (χ3n) is 7.61. The highest BCUT2D eigenvalue weighted by Crippen LogP contribution is 2.54. The predicted octanol–water partition coefficient (Wildman–Crippen LogP) is -3.67. The first-order valence-electron chi connectivity index (χ1n) is 13.9. The molecule has 0 amide bonds. The van der Waals surface area contributed by atoms with E-state index in [1.807, 2.05) is 0 Å². The predicted molar refractivity (Wildman–Crippen MR) is 152 cm³/mol. The number of aromatic hydroxyl groups is 2. The van der Waals surface area contributed by atoms with E-state index in [9.17, 15) is 58.2 Å². The van der Waals surface area contributed by atoms with E-state index in [0.717, 1.165) is 9.80 Å². The number of fused-ring (bicyclic) bond motifs is 1. The van der Waals surface area contributed by atoms with Crippen LogP contribution in [0.4, 0.5) is 0 Å². The maximum absolute atomic E-state index is 14.3. The Hall–Kier alpha value is -5.19. The molecule has 2 N–H and O–H groups in total. The number of phenols is 2. The number of aryl methyl sites for hydroxylation is 2. The summed E-state index contributed by atoms with van der Waals surface area (Å²) < 4.78 is 31.8. The Bertz CT molecular complexity index is 1750. The fraction of sp³-hybridized carbons (Fsp3) is 0.290. The van der Waals surface area contributed by atoms with E-state index in [4.69, 9.17) is 4.18 Å². The zero-order valence-electron chi connectivity index (χ0n) is 25.0. The van der Waals surface area contributed by atoms with Crippen LogP contribution < -0.4 is 24.6 Å². The van der Waals surface area contributed by atoms with Crippen molar-refractivity contribution in [3.05, 3.63) is 87.5 Å². The van der Waals surface area contributed by atoms with Crippen molar-refractivity contribution in [1.82, 2.24) is 9.80 Å². The number of aliphatic carboxylic acids is 4. The average molecular weight is 669 g/mol. The number of benzene rings is 3. The summed E-state index contributed by atoms with van der Waals surface area (Å²) in [6, 6.07) is 11.2. The van der Waals surface area contributed by atoms with Crippen molar-refractivity contribution in [3.63, 3.8) is 0 Å². The van der Waals surface area contributed by atoms with Crippen molar-refractivity contribution < 1.29 is 62.4 Å². The molecular weight excluding hydrogens is 640 g/mol. The lowest BCUT2D eigenvalue weighted by Crippen LogP contribution is -2.44. The molecule has 0 atom stereocenters. The summed E-state index contributed by atoms with van der Waals surface area (Å²) >= 11 is 0. The van der Waals surface area contributed by atoms with Crippen LogP contribution in [0.15, 0.2) is 48.5 Å². The topological polar surface area (TPSA) is 251 Å². The number of carboxylic acids is 4. The number of hydrogen-bond acceptors (Lipinski definition) is 15. The fourth-order valence-electron chi connectivity index (χ4n) is 5.81. The molecule has 0 saturated heterocycles. The van der Waals surface area contributed by atoms with Gasteiger partial charge in [-0.2, -0.15) is 8.42 Å². The molecule has 0 bridgehead atoms. The minimum Gasteiger partial charge on any atom is -0.549 e. The van der Waals surface area contributed by atoms with Crippen molar-refractivity contribution >= 4 is 34.0 Å². The Kier molecular flexibility index (Phi) is 9.79. The molecule has 15 nitrogen and oxygen atoms in total. The van der Waals surface area contributed by atoms with Crippen molar-refractivity contribution in [2.45, 2.75) is 31.7 Å². The molecule has 0 unspecified atom stereocenters. The van der Waals surface area contributed by atoms with E-state index >= 15 is 0 Å². The Balaban J connectivity index is 2.02. The lowest BCUT2D eigenvalue weighted by molar-refractivity contribution is -0.313. The average Bonchev–Trinajstić information content (AvgIpc) is 3.18. The van der Waals surface area contributed by atoms with Crippen LogP contribution in [0.1, 0.15) is 38.9 Å². The highest BCUT2D eigenvalue weighted by atomic mass is 32.2. The summed E-state index contributed by atoms with van der Waals surface area (Å²) in [7, 11) is -4.75. The monoisotopic (exact) mass is 668 g/mol. The number of nitrogens with zero attached hydrogens (tertiary/aromatic N) is 2. The van der Waals surface area contributed by atoms with Gasteiger partial charge in [0.05, 0.1) is 23.9 Å². The molecule has 0 radical (unpaired) electrons. The first-order chi connectivity index (χ1) is 22.0. The normalized spacial score (nSPS) is 14.5. The number of carboxylic acid groups (broad SMARTS) is 4. The maximum atomic E-state index is 14.3. The summed E-state index contributed by atoms with van der Waals surface area (Å²) in [6.07, 6.45) is 0. The lowest BCUT2D eigenvalue weighted by Gasteiger charge is -2.31. The minimum atomic E-state index is -4.75. The van der Waals surface area contributed by atoms with Gasteiger partial charge in [-0.1, -0.05) is 18.2 Å². The Morgan fingerprint density at radius 2 is 1.09 bits per heavy atom. The molecule has 3 aromatic carbocycles. The maximum Gasteiger partial charge on any atom is 0.328 e. The van der Waals surface area contributed by atoms with Crippen LogP contribution in [0, 0.1) is 13.8 Å². The number of rotatable bonds is 14. The zero-order valence-corrected chi connectivity index (χ0v) is 25.9. The molecule has 47 heavy (non-hydrogen) atoms. The highest BCUT2D eigenvalue weighted by molar-refractivity contribution is 7.88. The van der Waals surface area contributed by atoms with Crippen molar-refractivity contribution in [2.75, 3.05) is 26.2 Å². The van der Waals surface area contributed by atoms with Gasteiger partial charge < -0.3 is 54.0 Å². The van der Waals surface area contributed by atoms with Crippen molar-refractivity contribution in [3.8, 4) is 17.2 Å². The van der Waals surface area contributed by atoms with Crippen LogP contribution in [0.5, 0.6) is 17.2 Å². The first-order valence-corrected chi connectivity index (χ1v) is 15.3. The molecule has 0 fully saturated rings. The third-order valence-corrected chi connectivity index (χ3v) is 9.45. The first kappa shape index (κ1) is 34.7. The second-order valence-electron chi connectivity index (χ2n) is 11.1. The number of carbonyl (C=O) groups excluding carboxylic acids is 4. The molecule has 16 heteroatoms. The Labute approximate surface area is 268 Å². The summed E-state index contributed by atoms with van der Waals surface area (Å²) in [5.74, 6) is -7.28.